The largest absolute Gasteiger partial charge is 0.482 e. The van der Waals surface area contributed by atoms with Crippen molar-refractivity contribution in [3.8, 4) is 5.75 Å². The highest BCUT2D eigenvalue weighted by Crippen LogP contribution is 2.25. The SMILES string of the molecule is C=CCNC(=O)[C@H](C)OC(=O)COc1ccc2c(c1)CCC2. The number of carbonyl (C=O) groups excluding carboxylic acids is 2. The second-order valence-corrected chi connectivity index (χ2v) is 5.24. The number of ether oxygens (including phenoxy) is 2. The van der Waals surface area contributed by atoms with Crippen LogP contribution in [0.25, 0.3) is 0 Å². The molecular weight excluding hydrogens is 282 g/mol. The Balaban J connectivity index is 1.77. The minimum atomic E-state index is -0.851. The van der Waals surface area contributed by atoms with Gasteiger partial charge in [0.05, 0.1) is 0 Å². The van der Waals surface area contributed by atoms with E-state index in [4.69, 9.17) is 9.47 Å². The highest BCUT2D eigenvalue weighted by Gasteiger charge is 2.17. The van der Waals surface area contributed by atoms with Gasteiger partial charge < -0.3 is 14.8 Å². The van der Waals surface area contributed by atoms with Gasteiger partial charge in [0.25, 0.3) is 5.91 Å². The average molecular weight is 303 g/mol. The Hall–Kier alpha value is -2.30. The van der Waals surface area contributed by atoms with E-state index in [1.54, 1.807) is 6.08 Å². The summed E-state index contributed by atoms with van der Waals surface area (Å²) < 4.78 is 10.4. The first kappa shape index (κ1) is 16.1. The lowest BCUT2D eigenvalue weighted by molar-refractivity contribution is -0.156. The van der Waals surface area contributed by atoms with E-state index in [1.807, 2.05) is 18.2 Å². The molecule has 0 fully saturated rings. The van der Waals surface area contributed by atoms with Crippen molar-refractivity contribution in [3.05, 3.63) is 42.0 Å². The topological polar surface area (TPSA) is 64.6 Å². The summed E-state index contributed by atoms with van der Waals surface area (Å²) in [7, 11) is 0. The molecule has 0 heterocycles. The number of rotatable bonds is 7. The molecule has 0 aromatic heterocycles. The molecule has 1 aliphatic carbocycles. The minimum absolute atomic E-state index is 0.210. The molecule has 1 aromatic carbocycles. The van der Waals surface area contributed by atoms with E-state index in [2.05, 4.69) is 11.9 Å². The monoisotopic (exact) mass is 303 g/mol. The number of esters is 1. The Bertz CT molecular complexity index is 568. The van der Waals surface area contributed by atoms with Gasteiger partial charge in [0.15, 0.2) is 12.7 Å². The van der Waals surface area contributed by atoms with Gasteiger partial charge >= 0.3 is 5.97 Å². The molecule has 0 saturated heterocycles. The van der Waals surface area contributed by atoms with Crippen molar-refractivity contribution in [1.82, 2.24) is 5.32 Å². The molecule has 1 amide bonds. The van der Waals surface area contributed by atoms with E-state index in [9.17, 15) is 9.59 Å². The van der Waals surface area contributed by atoms with Crippen molar-refractivity contribution in [1.29, 1.82) is 0 Å². The molecule has 0 saturated carbocycles. The van der Waals surface area contributed by atoms with Crippen molar-refractivity contribution >= 4 is 11.9 Å². The maximum absolute atomic E-state index is 11.7. The summed E-state index contributed by atoms with van der Waals surface area (Å²) in [5.74, 6) is -0.270. The Kier molecular flexibility index (Phi) is 5.58. The molecule has 1 N–H and O–H groups in total. The Morgan fingerprint density at radius 3 is 2.91 bits per heavy atom. The van der Waals surface area contributed by atoms with Crippen molar-refractivity contribution in [2.45, 2.75) is 32.3 Å². The normalized spacial score (nSPS) is 13.9. The zero-order chi connectivity index (χ0) is 15.9. The first-order chi connectivity index (χ1) is 10.6. The van der Waals surface area contributed by atoms with Gasteiger partial charge in [-0.05, 0) is 49.4 Å². The predicted octanol–water partition coefficient (Wildman–Crippen LogP) is 1.79. The molecule has 1 aromatic rings. The molecule has 1 aliphatic rings. The smallest absolute Gasteiger partial charge is 0.344 e. The predicted molar refractivity (Wildman–Crippen MR) is 82.7 cm³/mol. The molecule has 0 aliphatic heterocycles. The number of benzene rings is 1. The molecule has 0 spiro atoms. The van der Waals surface area contributed by atoms with Gasteiger partial charge in [-0.3, -0.25) is 4.79 Å². The van der Waals surface area contributed by atoms with E-state index >= 15 is 0 Å². The molecule has 5 nitrogen and oxygen atoms in total. The summed E-state index contributed by atoms with van der Waals surface area (Å²) in [6.45, 7) is 5.15. The van der Waals surface area contributed by atoms with Gasteiger partial charge in [-0.25, -0.2) is 4.79 Å². The average Bonchev–Trinajstić information content (AvgIpc) is 2.98. The second kappa shape index (κ2) is 7.64. The Morgan fingerprint density at radius 2 is 2.14 bits per heavy atom. The van der Waals surface area contributed by atoms with Gasteiger partial charge in [0, 0.05) is 6.54 Å². The van der Waals surface area contributed by atoms with Crippen LogP contribution in [0.2, 0.25) is 0 Å². The number of hydrogen-bond acceptors (Lipinski definition) is 4. The quantitative estimate of drug-likeness (QED) is 0.616. The van der Waals surface area contributed by atoms with Crippen molar-refractivity contribution in [2.75, 3.05) is 13.2 Å². The number of amides is 1. The van der Waals surface area contributed by atoms with Crippen LogP contribution in [0, 0.1) is 0 Å². The van der Waals surface area contributed by atoms with E-state index in [1.165, 1.54) is 18.1 Å². The maximum Gasteiger partial charge on any atom is 0.344 e. The lowest BCUT2D eigenvalue weighted by Crippen LogP contribution is -2.36. The zero-order valence-electron chi connectivity index (χ0n) is 12.8. The fourth-order valence-corrected chi connectivity index (χ4v) is 2.38. The van der Waals surface area contributed by atoms with Crippen LogP contribution in [0.1, 0.15) is 24.5 Å². The van der Waals surface area contributed by atoms with E-state index in [0.29, 0.717) is 12.3 Å². The molecule has 1 atom stereocenters. The highest BCUT2D eigenvalue weighted by molar-refractivity contribution is 5.83. The lowest BCUT2D eigenvalue weighted by atomic mass is 10.1. The summed E-state index contributed by atoms with van der Waals surface area (Å²) in [5.41, 5.74) is 2.63. The third-order valence-corrected chi connectivity index (χ3v) is 3.52. The Morgan fingerprint density at radius 1 is 1.36 bits per heavy atom. The van der Waals surface area contributed by atoms with Crippen LogP contribution in [0.5, 0.6) is 5.75 Å². The van der Waals surface area contributed by atoms with Crippen LogP contribution in [-0.2, 0) is 27.2 Å². The third-order valence-electron chi connectivity index (χ3n) is 3.52. The Labute approximate surface area is 130 Å². The zero-order valence-corrected chi connectivity index (χ0v) is 12.8. The maximum atomic E-state index is 11.7. The van der Waals surface area contributed by atoms with Gasteiger partial charge in [-0.15, -0.1) is 6.58 Å². The van der Waals surface area contributed by atoms with Gasteiger partial charge in [0.1, 0.15) is 5.75 Å². The summed E-state index contributed by atoms with van der Waals surface area (Å²) in [6, 6.07) is 5.86. The van der Waals surface area contributed by atoms with Crippen LogP contribution in [0.15, 0.2) is 30.9 Å². The third kappa shape index (κ3) is 4.35. The molecule has 0 radical (unpaired) electrons. The molecule has 5 heteroatoms. The highest BCUT2D eigenvalue weighted by atomic mass is 16.6. The molecule has 0 unspecified atom stereocenters. The molecule has 22 heavy (non-hydrogen) atoms. The fraction of sp³-hybridized carbons (Fsp3) is 0.412. The summed E-state index contributed by atoms with van der Waals surface area (Å²) >= 11 is 0. The standard InChI is InChI=1S/C17H21NO4/c1-3-9-18-17(20)12(2)22-16(19)11-21-15-8-7-13-5-4-6-14(13)10-15/h3,7-8,10,12H,1,4-6,9,11H2,2H3,(H,18,20)/t12-/m0/s1. The van der Waals surface area contributed by atoms with E-state index < -0.39 is 12.1 Å². The summed E-state index contributed by atoms with van der Waals surface area (Å²) in [4.78, 5) is 23.3. The molecule has 118 valence electrons. The van der Waals surface area contributed by atoms with Crippen molar-refractivity contribution in [3.63, 3.8) is 0 Å². The van der Waals surface area contributed by atoms with Crippen LogP contribution in [-0.4, -0.2) is 31.1 Å². The molecule has 0 bridgehead atoms. The van der Waals surface area contributed by atoms with Gasteiger partial charge in [-0.2, -0.15) is 0 Å². The van der Waals surface area contributed by atoms with E-state index in [0.717, 1.165) is 19.3 Å². The molecule has 2 rings (SSSR count). The summed E-state index contributed by atoms with van der Waals surface area (Å²) in [5, 5.41) is 2.56. The number of hydrogen-bond donors (Lipinski definition) is 1. The molecular formula is C17H21NO4. The first-order valence-electron chi connectivity index (χ1n) is 7.43. The first-order valence-corrected chi connectivity index (χ1v) is 7.43. The number of nitrogens with one attached hydrogen (secondary N) is 1. The van der Waals surface area contributed by atoms with Crippen LogP contribution in [0.3, 0.4) is 0 Å². The van der Waals surface area contributed by atoms with Crippen molar-refractivity contribution < 1.29 is 19.1 Å². The number of fused-ring (bicyclic) bond motifs is 1. The number of aryl methyl sites for hydroxylation is 2. The van der Waals surface area contributed by atoms with Gasteiger partial charge in [0.2, 0.25) is 0 Å². The van der Waals surface area contributed by atoms with E-state index in [-0.39, 0.29) is 12.5 Å². The summed E-state index contributed by atoms with van der Waals surface area (Å²) in [6.07, 6.45) is 4.03. The minimum Gasteiger partial charge on any atom is -0.482 e. The lowest BCUT2D eigenvalue weighted by Gasteiger charge is -2.13. The van der Waals surface area contributed by atoms with Gasteiger partial charge in [-0.1, -0.05) is 12.1 Å². The van der Waals surface area contributed by atoms with Crippen LogP contribution in [0.4, 0.5) is 0 Å². The fourth-order valence-electron chi connectivity index (χ4n) is 2.38. The van der Waals surface area contributed by atoms with Crippen molar-refractivity contribution in [2.24, 2.45) is 0 Å². The second-order valence-electron chi connectivity index (χ2n) is 5.24. The number of carbonyl (C=O) groups is 2. The van der Waals surface area contributed by atoms with Crippen LogP contribution >= 0.6 is 0 Å². The van der Waals surface area contributed by atoms with Crippen LogP contribution < -0.4 is 10.1 Å².